The van der Waals surface area contributed by atoms with Crippen LogP contribution in [0.5, 0.6) is 0 Å². The van der Waals surface area contributed by atoms with Crippen molar-refractivity contribution in [2.24, 2.45) is 5.92 Å². The fourth-order valence-electron chi connectivity index (χ4n) is 5.93. The summed E-state index contributed by atoms with van der Waals surface area (Å²) in [5.74, 6) is -0.276. The molecule has 1 saturated heterocycles. The standard InChI is InChI=1S/C32H33ClFNO2.ClH/c1-21-5-2-8-29(33)30(21)28-7-3-6-25-18-26(32(36)37)13-14-27(25)31(28)24-11-9-22(10-12-24)17-23-19-35(20-23)16-4-15-34;/h2,5,8-14,18,23H,3-4,6-7,15-17,19-20H2,1H3,(H,36,37);1H. The highest BCUT2D eigenvalue weighted by Gasteiger charge is 2.27. The van der Waals surface area contributed by atoms with E-state index in [0.717, 1.165) is 83.7 Å². The van der Waals surface area contributed by atoms with Crippen molar-refractivity contribution in [3.8, 4) is 0 Å². The van der Waals surface area contributed by atoms with Crippen LogP contribution in [0.3, 0.4) is 0 Å². The van der Waals surface area contributed by atoms with Crippen molar-refractivity contribution in [3.63, 3.8) is 0 Å². The molecule has 1 fully saturated rings. The Bertz CT molecular complexity index is 1310. The van der Waals surface area contributed by atoms with Crippen LogP contribution >= 0.6 is 24.0 Å². The van der Waals surface area contributed by atoms with Crippen molar-refractivity contribution >= 4 is 41.1 Å². The summed E-state index contributed by atoms with van der Waals surface area (Å²) in [6.07, 6.45) is 4.28. The van der Waals surface area contributed by atoms with Crippen molar-refractivity contribution in [1.29, 1.82) is 0 Å². The number of benzene rings is 3. The van der Waals surface area contributed by atoms with Gasteiger partial charge in [0.05, 0.1) is 12.2 Å². The Morgan fingerprint density at radius 3 is 2.53 bits per heavy atom. The van der Waals surface area contributed by atoms with E-state index in [1.165, 1.54) is 11.1 Å². The molecular formula is C32H34Cl2FNO2. The first-order valence-electron chi connectivity index (χ1n) is 13.2. The van der Waals surface area contributed by atoms with E-state index in [2.05, 4.69) is 42.2 Å². The Morgan fingerprint density at radius 1 is 1.08 bits per heavy atom. The van der Waals surface area contributed by atoms with Crippen LogP contribution in [0.1, 0.15) is 63.0 Å². The van der Waals surface area contributed by atoms with Crippen molar-refractivity contribution < 1.29 is 14.3 Å². The van der Waals surface area contributed by atoms with E-state index in [1.807, 2.05) is 24.3 Å². The number of halogens is 3. The van der Waals surface area contributed by atoms with Crippen LogP contribution in [0.2, 0.25) is 5.02 Å². The summed E-state index contributed by atoms with van der Waals surface area (Å²) in [5.41, 5.74) is 9.52. The zero-order valence-corrected chi connectivity index (χ0v) is 23.3. The minimum atomic E-state index is -0.900. The monoisotopic (exact) mass is 553 g/mol. The molecule has 6 heteroatoms. The Morgan fingerprint density at radius 2 is 1.84 bits per heavy atom. The first-order valence-corrected chi connectivity index (χ1v) is 13.5. The molecule has 1 N–H and O–H groups in total. The van der Waals surface area contributed by atoms with Crippen LogP contribution in [0.4, 0.5) is 4.39 Å². The average Bonchev–Trinajstić information content (AvgIpc) is 3.04. The number of likely N-dealkylation sites (tertiary alicyclic amines) is 1. The topological polar surface area (TPSA) is 40.5 Å². The first kappa shape index (κ1) is 28.4. The van der Waals surface area contributed by atoms with Crippen LogP contribution in [0, 0.1) is 12.8 Å². The number of alkyl halides is 1. The van der Waals surface area contributed by atoms with Crippen LogP contribution < -0.4 is 0 Å². The highest BCUT2D eigenvalue weighted by molar-refractivity contribution is 6.33. The third-order valence-corrected chi connectivity index (χ3v) is 8.04. The fraction of sp³-hybridized carbons (Fsp3) is 0.344. The lowest BCUT2D eigenvalue weighted by Crippen LogP contribution is -2.47. The van der Waals surface area contributed by atoms with Gasteiger partial charge in [0.2, 0.25) is 0 Å². The van der Waals surface area contributed by atoms with Crippen molar-refractivity contribution in [2.75, 3.05) is 26.3 Å². The minimum Gasteiger partial charge on any atom is -0.478 e. The van der Waals surface area contributed by atoms with Gasteiger partial charge in [0.25, 0.3) is 0 Å². The van der Waals surface area contributed by atoms with E-state index < -0.39 is 5.97 Å². The average molecular weight is 555 g/mol. The van der Waals surface area contributed by atoms with Gasteiger partial charge in [-0.3, -0.25) is 4.39 Å². The van der Waals surface area contributed by atoms with Crippen LogP contribution in [-0.2, 0) is 12.8 Å². The SMILES string of the molecule is Cc1cccc(Cl)c1C1=C(c2ccc(CC3CN(CCCF)C3)cc2)c2ccc(C(=O)O)cc2CCC1.Cl. The molecule has 0 unspecified atom stereocenters. The summed E-state index contributed by atoms with van der Waals surface area (Å²) in [5, 5.41) is 10.3. The molecule has 2 aliphatic rings. The van der Waals surface area contributed by atoms with Gasteiger partial charge < -0.3 is 10.0 Å². The van der Waals surface area contributed by atoms with Gasteiger partial charge in [0.15, 0.2) is 0 Å². The summed E-state index contributed by atoms with van der Waals surface area (Å²) in [4.78, 5) is 14.0. The molecular weight excluding hydrogens is 520 g/mol. The smallest absolute Gasteiger partial charge is 0.335 e. The van der Waals surface area contributed by atoms with Gasteiger partial charge in [-0.1, -0.05) is 54.1 Å². The largest absolute Gasteiger partial charge is 0.478 e. The normalized spacial score (nSPS) is 15.9. The molecule has 0 saturated carbocycles. The van der Waals surface area contributed by atoms with Crippen LogP contribution in [0.25, 0.3) is 11.1 Å². The molecule has 5 rings (SSSR count). The summed E-state index contributed by atoms with van der Waals surface area (Å²) in [7, 11) is 0. The quantitative estimate of drug-likeness (QED) is 0.308. The Balaban J connectivity index is 0.00000336. The first-order chi connectivity index (χ1) is 17.9. The van der Waals surface area contributed by atoms with Crippen molar-refractivity contribution in [1.82, 2.24) is 4.90 Å². The molecule has 1 aliphatic carbocycles. The molecule has 0 spiro atoms. The van der Waals surface area contributed by atoms with Crippen LogP contribution in [0.15, 0.2) is 60.7 Å². The molecule has 0 radical (unpaired) electrons. The third-order valence-electron chi connectivity index (χ3n) is 7.73. The van der Waals surface area contributed by atoms with E-state index in [4.69, 9.17) is 11.6 Å². The predicted molar refractivity (Wildman–Crippen MR) is 156 cm³/mol. The molecule has 0 atom stereocenters. The van der Waals surface area contributed by atoms with Crippen molar-refractivity contribution in [2.45, 2.75) is 39.0 Å². The highest BCUT2D eigenvalue weighted by atomic mass is 35.5. The van der Waals surface area contributed by atoms with Gasteiger partial charge in [-0.25, -0.2) is 4.79 Å². The Labute approximate surface area is 235 Å². The molecule has 0 bridgehead atoms. The number of hydrogen-bond acceptors (Lipinski definition) is 2. The highest BCUT2D eigenvalue weighted by Crippen LogP contribution is 2.43. The lowest BCUT2D eigenvalue weighted by Gasteiger charge is -2.39. The fourth-order valence-corrected chi connectivity index (χ4v) is 6.26. The maximum Gasteiger partial charge on any atom is 0.335 e. The van der Waals surface area contributed by atoms with E-state index in [0.29, 0.717) is 17.9 Å². The van der Waals surface area contributed by atoms with Gasteiger partial charge >= 0.3 is 5.97 Å². The molecule has 0 aromatic heterocycles. The molecule has 1 aliphatic heterocycles. The Hall–Kier alpha value is -2.66. The number of carboxylic acid groups (broad SMARTS) is 1. The lowest BCUT2D eigenvalue weighted by atomic mass is 9.85. The van der Waals surface area contributed by atoms with Crippen LogP contribution in [-0.4, -0.2) is 42.3 Å². The number of aryl methyl sites for hydroxylation is 2. The van der Waals surface area contributed by atoms with Gasteiger partial charge in [-0.05, 0) is 108 Å². The second kappa shape index (κ2) is 12.5. The van der Waals surface area contributed by atoms with E-state index >= 15 is 0 Å². The van der Waals surface area contributed by atoms with Gasteiger partial charge in [0.1, 0.15) is 0 Å². The lowest BCUT2D eigenvalue weighted by molar-refractivity contribution is 0.0696. The van der Waals surface area contributed by atoms with E-state index in [-0.39, 0.29) is 19.1 Å². The molecule has 3 aromatic carbocycles. The predicted octanol–water partition coefficient (Wildman–Crippen LogP) is 7.90. The maximum atomic E-state index is 12.4. The summed E-state index contributed by atoms with van der Waals surface area (Å²) in [6.45, 7) is 4.80. The van der Waals surface area contributed by atoms with Crippen molar-refractivity contribution in [3.05, 3.63) is 105 Å². The zero-order chi connectivity index (χ0) is 25.9. The van der Waals surface area contributed by atoms with E-state index in [9.17, 15) is 14.3 Å². The van der Waals surface area contributed by atoms with Gasteiger partial charge in [0, 0.05) is 24.7 Å². The number of carbonyl (C=O) groups is 1. The number of rotatable bonds is 8. The number of fused-ring (bicyclic) bond motifs is 1. The van der Waals surface area contributed by atoms with Gasteiger partial charge in [-0.2, -0.15) is 0 Å². The molecule has 38 heavy (non-hydrogen) atoms. The van der Waals surface area contributed by atoms with E-state index in [1.54, 1.807) is 6.07 Å². The molecule has 200 valence electrons. The number of hydrogen-bond donors (Lipinski definition) is 1. The Kier molecular flexibility index (Phi) is 9.30. The zero-order valence-electron chi connectivity index (χ0n) is 21.7. The molecule has 3 nitrogen and oxygen atoms in total. The van der Waals surface area contributed by atoms with Gasteiger partial charge in [-0.15, -0.1) is 12.4 Å². The number of nitrogens with zero attached hydrogens (tertiary/aromatic N) is 1. The summed E-state index contributed by atoms with van der Waals surface area (Å²) >= 11 is 6.77. The molecule has 0 amide bonds. The second-order valence-electron chi connectivity index (χ2n) is 10.4. The number of aromatic carboxylic acids is 1. The minimum absolute atomic E-state index is 0. The summed E-state index contributed by atoms with van der Waals surface area (Å²) in [6, 6.07) is 20.4. The summed E-state index contributed by atoms with van der Waals surface area (Å²) < 4.78 is 12.4. The number of allylic oxidation sites excluding steroid dienone is 1. The number of carboxylic acids is 1. The molecule has 3 aromatic rings. The molecule has 1 heterocycles. The second-order valence-corrected chi connectivity index (χ2v) is 10.8. The maximum absolute atomic E-state index is 12.4. The third kappa shape index (κ3) is 5.98.